The van der Waals surface area contributed by atoms with Crippen molar-refractivity contribution in [2.24, 2.45) is 5.92 Å². The molecule has 0 saturated heterocycles. The molecule has 2 aromatic rings. The Morgan fingerprint density at radius 2 is 1.63 bits per heavy atom. The summed E-state index contributed by atoms with van der Waals surface area (Å²) in [5.41, 5.74) is 9.88. The van der Waals surface area contributed by atoms with E-state index >= 15 is 0 Å². The Kier molecular flexibility index (Phi) is 12.2. The van der Waals surface area contributed by atoms with Gasteiger partial charge < -0.3 is 10.0 Å². The zero-order valence-corrected chi connectivity index (χ0v) is 34.1. The predicted molar refractivity (Wildman–Crippen MR) is 221 cm³/mol. The summed E-state index contributed by atoms with van der Waals surface area (Å²) in [6.07, 6.45) is 22.8. The lowest BCUT2D eigenvalue weighted by atomic mass is 9.76. The quantitative estimate of drug-likeness (QED) is 0.130. The van der Waals surface area contributed by atoms with Crippen LogP contribution in [0.15, 0.2) is 94.9 Å². The molecule has 2 heterocycles. The van der Waals surface area contributed by atoms with E-state index in [0.717, 1.165) is 38.0 Å². The second kappa shape index (κ2) is 16.7. The van der Waals surface area contributed by atoms with Gasteiger partial charge in [-0.2, -0.15) is 5.26 Å². The number of anilines is 1. The van der Waals surface area contributed by atoms with Crippen molar-refractivity contribution in [3.63, 3.8) is 0 Å². The molecule has 4 aliphatic rings. The van der Waals surface area contributed by atoms with Crippen LogP contribution in [0.2, 0.25) is 0 Å². The summed E-state index contributed by atoms with van der Waals surface area (Å²) in [6.45, 7) is 17.1. The zero-order valence-electron chi connectivity index (χ0n) is 34.1. The summed E-state index contributed by atoms with van der Waals surface area (Å²) in [7, 11) is 0. The molecule has 0 spiro atoms. The third-order valence-electron chi connectivity index (χ3n) is 12.8. The molecule has 54 heavy (non-hydrogen) atoms. The first kappa shape index (κ1) is 39.6. The number of nitriles is 1. The Labute approximate surface area is 325 Å². The van der Waals surface area contributed by atoms with Crippen LogP contribution >= 0.6 is 0 Å². The van der Waals surface area contributed by atoms with Crippen molar-refractivity contribution in [1.82, 2.24) is 0 Å². The topological polar surface area (TPSA) is 71.6 Å². The molecule has 286 valence electrons. The van der Waals surface area contributed by atoms with E-state index in [4.69, 9.17) is 0 Å². The minimum absolute atomic E-state index is 0.00701. The molecule has 0 amide bonds. The van der Waals surface area contributed by atoms with E-state index in [1.54, 1.807) is 0 Å². The van der Waals surface area contributed by atoms with Crippen LogP contribution in [0.5, 0.6) is 0 Å². The maximum atomic E-state index is 14.0. The van der Waals surface area contributed by atoms with Crippen LogP contribution in [0.25, 0.3) is 5.57 Å². The number of fused-ring (bicyclic) bond motifs is 2. The average molecular weight is 726 g/mol. The Morgan fingerprint density at radius 1 is 0.944 bits per heavy atom. The molecule has 0 fully saturated rings. The number of hydrogen-bond donors (Lipinski definition) is 1. The largest absolute Gasteiger partial charge is 0.871 e. The number of carbonyl (C=O) groups is 1. The number of para-hydroxylation sites is 1. The van der Waals surface area contributed by atoms with Crippen molar-refractivity contribution in [3.05, 3.63) is 112 Å². The molecule has 2 aromatic carbocycles. The summed E-state index contributed by atoms with van der Waals surface area (Å²) >= 11 is 0. The van der Waals surface area contributed by atoms with Gasteiger partial charge in [0, 0.05) is 46.0 Å². The second-order valence-electron chi connectivity index (χ2n) is 17.4. The molecule has 2 aliphatic carbocycles. The second-order valence-corrected chi connectivity index (χ2v) is 17.4. The number of nitrogens with one attached hydrogen (secondary N) is 1. The Hall–Kier alpha value is -4.14. The highest BCUT2D eigenvalue weighted by Crippen LogP contribution is 2.50. The van der Waals surface area contributed by atoms with Crippen LogP contribution in [-0.2, 0) is 15.6 Å². The van der Waals surface area contributed by atoms with Gasteiger partial charge in [0.25, 0.3) is 0 Å². The first-order valence-corrected chi connectivity index (χ1v) is 21.0. The van der Waals surface area contributed by atoms with Gasteiger partial charge in [-0.25, -0.2) is 0 Å². The van der Waals surface area contributed by atoms with Crippen molar-refractivity contribution in [2.75, 3.05) is 18.0 Å². The van der Waals surface area contributed by atoms with Crippen molar-refractivity contribution in [1.29, 1.82) is 5.26 Å². The summed E-state index contributed by atoms with van der Waals surface area (Å²) in [5.74, 6) is -0.239. The predicted octanol–water partition coefficient (Wildman–Crippen LogP) is 9.87. The van der Waals surface area contributed by atoms with Gasteiger partial charge in [0.2, 0.25) is 0 Å². The molecule has 3 unspecified atom stereocenters. The highest BCUT2D eigenvalue weighted by atomic mass is 16.3. The number of quaternary nitrogens is 1. The van der Waals surface area contributed by atoms with E-state index in [9.17, 15) is 15.2 Å². The number of rotatable bonds is 17. The first-order valence-electron chi connectivity index (χ1n) is 21.0. The van der Waals surface area contributed by atoms with Gasteiger partial charge in [-0.15, -0.1) is 0 Å². The van der Waals surface area contributed by atoms with Crippen LogP contribution in [0.1, 0.15) is 142 Å². The van der Waals surface area contributed by atoms with Gasteiger partial charge in [0.1, 0.15) is 11.7 Å². The number of carbonyl (C=O) groups excluding carboxylic acids is 1. The minimum Gasteiger partial charge on any atom is -0.871 e. The Balaban J connectivity index is 1.25. The van der Waals surface area contributed by atoms with E-state index in [1.807, 2.05) is 19.1 Å². The number of unbranched alkanes of at least 4 members (excludes halogenated alkanes) is 9. The van der Waals surface area contributed by atoms with E-state index in [2.05, 4.69) is 107 Å². The number of likely N-dealkylation sites (N-methyl/N-ethyl adjacent to an activating group) is 1. The molecule has 3 atom stereocenters. The summed E-state index contributed by atoms with van der Waals surface area (Å²) in [4.78, 5) is 17.7. The van der Waals surface area contributed by atoms with Gasteiger partial charge in [-0.05, 0) is 94.0 Å². The molecule has 5 heteroatoms. The third-order valence-corrected chi connectivity index (χ3v) is 12.8. The van der Waals surface area contributed by atoms with Gasteiger partial charge >= 0.3 is 0 Å². The standard InChI is InChI=1S/C49H63N3O2/c1-8-10-11-12-13-14-15-16-17-20-27-52-43-26-25-37(36-24-23-35(29-36)28-34(3)33-50)30-41(43)49(6,7)45(52)32-39-46(53)38(47(39)54)31-44-48(4,5)40-21-18-19-22-42(40)51(44)9-2/h18-19,21-26,30-32,34,44,53H,8-17,20,27-29H2,1-7H3/b38-31?,45-32+. The summed E-state index contributed by atoms with van der Waals surface area (Å²) in [6, 6.07) is 17.8. The molecule has 0 radical (unpaired) electrons. The number of allylic oxidation sites excluding steroid dienone is 8. The normalized spacial score (nSPS) is 23.0. The summed E-state index contributed by atoms with van der Waals surface area (Å²) < 4.78 is 0. The van der Waals surface area contributed by atoms with Crippen LogP contribution in [0, 0.1) is 17.2 Å². The molecular formula is C49H63N3O2. The van der Waals surface area contributed by atoms with Crippen molar-refractivity contribution in [2.45, 2.75) is 142 Å². The van der Waals surface area contributed by atoms with Crippen LogP contribution in [-0.4, -0.2) is 24.9 Å². The number of ketones is 1. The van der Waals surface area contributed by atoms with E-state index in [0.29, 0.717) is 11.1 Å². The number of Topliss-reactive ketones (excluding diaryl/α,β-unsaturated/α-hetero) is 1. The molecule has 5 nitrogen and oxygen atoms in total. The number of benzene rings is 2. The fourth-order valence-electron chi connectivity index (χ4n) is 9.53. The monoisotopic (exact) mass is 725 g/mol. The van der Waals surface area contributed by atoms with Crippen LogP contribution in [0.4, 0.5) is 11.4 Å². The maximum Gasteiger partial charge on any atom is 0.191 e. The molecule has 6 rings (SSSR count). The maximum absolute atomic E-state index is 14.0. The first-order chi connectivity index (χ1) is 25.9. The fourth-order valence-corrected chi connectivity index (χ4v) is 9.53. The van der Waals surface area contributed by atoms with Crippen LogP contribution in [0.3, 0.4) is 0 Å². The van der Waals surface area contributed by atoms with E-state index in [-0.39, 0.29) is 34.3 Å². The molecule has 2 aliphatic heterocycles. The highest BCUT2D eigenvalue weighted by molar-refractivity contribution is 6.20. The van der Waals surface area contributed by atoms with E-state index < -0.39 is 0 Å². The number of hydrogen-bond acceptors (Lipinski definition) is 4. The summed E-state index contributed by atoms with van der Waals surface area (Å²) in [5, 5.41) is 23.3. The Morgan fingerprint density at radius 3 is 2.30 bits per heavy atom. The lowest BCUT2D eigenvalue weighted by Crippen LogP contribution is -3.10. The molecule has 0 saturated carbocycles. The minimum atomic E-state index is -0.389. The van der Waals surface area contributed by atoms with Crippen molar-refractivity contribution >= 4 is 22.7 Å². The molecule has 1 N–H and O–H groups in total. The zero-order chi connectivity index (χ0) is 38.6. The van der Waals surface area contributed by atoms with Gasteiger partial charge in [0.05, 0.1) is 18.0 Å². The lowest BCUT2D eigenvalue weighted by molar-refractivity contribution is -0.848. The molecular weight excluding hydrogens is 663 g/mol. The Bertz CT molecular complexity index is 1930. The van der Waals surface area contributed by atoms with Gasteiger partial charge in [-0.3, -0.25) is 9.69 Å². The van der Waals surface area contributed by atoms with Crippen molar-refractivity contribution < 1.29 is 14.8 Å². The molecule has 0 aromatic heterocycles. The van der Waals surface area contributed by atoms with Gasteiger partial charge in [-0.1, -0.05) is 126 Å². The van der Waals surface area contributed by atoms with E-state index in [1.165, 1.54) is 102 Å². The lowest BCUT2D eigenvalue weighted by Gasteiger charge is -2.35. The smallest absolute Gasteiger partial charge is 0.191 e. The highest BCUT2D eigenvalue weighted by Gasteiger charge is 2.48. The van der Waals surface area contributed by atoms with Crippen LogP contribution < -0.4 is 14.9 Å². The fraction of sp³-hybridized carbons (Fsp3) is 0.510. The molecule has 0 bridgehead atoms. The van der Waals surface area contributed by atoms with Crippen molar-refractivity contribution in [3.8, 4) is 6.07 Å². The van der Waals surface area contributed by atoms with Gasteiger partial charge in [0.15, 0.2) is 5.78 Å². The SMILES string of the molecule is CCCCCCCCCCCCN1/C(=C/C2=C([O-])C(=CC3[NH+](CC)c4ccccc4C3(C)C)C2=O)C(C)(C)c2cc(C3=CC=C(CC(C)C#N)C3)ccc21. The number of nitrogens with zero attached hydrogens (tertiary/aromatic N) is 2. The third kappa shape index (κ3) is 7.70. The average Bonchev–Trinajstić information content (AvgIpc) is 3.78.